The van der Waals surface area contributed by atoms with Crippen LogP contribution in [0.1, 0.15) is 0 Å². The van der Waals surface area contributed by atoms with E-state index in [0.717, 1.165) is 16.6 Å². The standard InChI is InChI=1S/C11H7BrN4O/c12-11-14-8-2-1-6(17)5-7(8)10(15-11)9-3-4-13-16-9/h1-5,17H,(H,13,16). The number of hydrogen-bond donors (Lipinski definition) is 2. The summed E-state index contributed by atoms with van der Waals surface area (Å²) in [5.74, 6) is 0.184. The fraction of sp³-hybridized carbons (Fsp3) is 0. The molecule has 0 saturated carbocycles. The molecule has 0 aliphatic carbocycles. The molecular formula is C11H7BrN4O. The Morgan fingerprint density at radius 3 is 2.82 bits per heavy atom. The van der Waals surface area contributed by atoms with Crippen LogP contribution in [0.25, 0.3) is 22.3 Å². The number of aromatic nitrogens is 4. The van der Waals surface area contributed by atoms with Crippen molar-refractivity contribution in [3.05, 3.63) is 35.2 Å². The van der Waals surface area contributed by atoms with Crippen molar-refractivity contribution in [1.29, 1.82) is 0 Å². The van der Waals surface area contributed by atoms with Crippen LogP contribution in [-0.4, -0.2) is 25.3 Å². The molecule has 0 aliphatic rings. The van der Waals surface area contributed by atoms with E-state index in [1.807, 2.05) is 6.07 Å². The molecule has 2 aromatic heterocycles. The Kier molecular flexibility index (Phi) is 2.29. The highest BCUT2D eigenvalue weighted by Gasteiger charge is 2.10. The topological polar surface area (TPSA) is 74.7 Å². The van der Waals surface area contributed by atoms with Crippen LogP contribution < -0.4 is 0 Å². The van der Waals surface area contributed by atoms with Crippen molar-refractivity contribution in [3.8, 4) is 17.1 Å². The van der Waals surface area contributed by atoms with Gasteiger partial charge >= 0.3 is 0 Å². The van der Waals surface area contributed by atoms with Gasteiger partial charge in [0, 0.05) is 11.6 Å². The number of aromatic amines is 1. The number of nitrogens with zero attached hydrogens (tertiary/aromatic N) is 3. The van der Waals surface area contributed by atoms with E-state index in [9.17, 15) is 5.11 Å². The van der Waals surface area contributed by atoms with Gasteiger partial charge in [-0.15, -0.1) is 0 Å². The summed E-state index contributed by atoms with van der Waals surface area (Å²) in [7, 11) is 0. The first-order chi connectivity index (χ1) is 8.24. The summed E-state index contributed by atoms with van der Waals surface area (Å²) in [6, 6.07) is 6.80. The van der Waals surface area contributed by atoms with Gasteiger partial charge in [0.15, 0.2) is 4.73 Å². The summed E-state index contributed by atoms with van der Waals surface area (Å²) < 4.78 is 0.500. The quantitative estimate of drug-likeness (QED) is 0.675. The minimum atomic E-state index is 0.184. The molecule has 1 aromatic carbocycles. The first-order valence-electron chi connectivity index (χ1n) is 4.90. The highest BCUT2D eigenvalue weighted by Crippen LogP contribution is 2.28. The van der Waals surface area contributed by atoms with Crippen molar-refractivity contribution in [1.82, 2.24) is 20.2 Å². The third kappa shape index (κ3) is 1.76. The Labute approximate surface area is 105 Å². The van der Waals surface area contributed by atoms with E-state index in [2.05, 4.69) is 36.1 Å². The molecule has 2 N–H and O–H groups in total. The van der Waals surface area contributed by atoms with Crippen LogP contribution in [-0.2, 0) is 0 Å². The van der Waals surface area contributed by atoms with Gasteiger partial charge in [0.25, 0.3) is 0 Å². The highest BCUT2D eigenvalue weighted by atomic mass is 79.9. The molecule has 3 rings (SSSR count). The third-order valence-electron chi connectivity index (χ3n) is 2.41. The number of H-pyrrole nitrogens is 1. The number of phenols is 1. The fourth-order valence-electron chi connectivity index (χ4n) is 1.68. The Balaban J connectivity index is 2.39. The van der Waals surface area contributed by atoms with Gasteiger partial charge in [0.2, 0.25) is 0 Å². The lowest BCUT2D eigenvalue weighted by molar-refractivity contribution is 0.476. The maximum absolute atomic E-state index is 9.53. The van der Waals surface area contributed by atoms with Crippen molar-refractivity contribution < 1.29 is 5.11 Å². The predicted octanol–water partition coefficient (Wildman–Crippen LogP) is 2.49. The number of benzene rings is 1. The zero-order valence-electron chi connectivity index (χ0n) is 8.55. The first kappa shape index (κ1) is 10.2. The molecule has 6 heteroatoms. The van der Waals surface area contributed by atoms with E-state index in [4.69, 9.17) is 0 Å². The van der Waals surface area contributed by atoms with Crippen molar-refractivity contribution in [2.75, 3.05) is 0 Å². The molecule has 0 atom stereocenters. The minimum absolute atomic E-state index is 0.184. The number of aromatic hydroxyl groups is 1. The Morgan fingerprint density at radius 2 is 2.06 bits per heavy atom. The fourth-order valence-corrected chi connectivity index (χ4v) is 2.05. The number of phenolic OH excluding ortho intramolecular Hbond substituents is 1. The van der Waals surface area contributed by atoms with Crippen molar-refractivity contribution in [2.24, 2.45) is 0 Å². The molecule has 0 saturated heterocycles. The molecule has 0 bridgehead atoms. The van der Waals surface area contributed by atoms with Gasteiger partial charge in [-0.3, -0.25) is 5.10 Å². The second kappa shape index (κ2) is 3.81. The average molecular weight is 291 g/mol. The minimum Gasteiger partial charge on any atom is -0.508 e. The summed E-state index contributed by atoms with van der Waals surface area (Å²) in [6.45, 7) is 0. The second-order valence-corrected chi connectivity index (χ2v) is 4.22. The maximum atomic E-state index is 9.53. The lowest BCUT2D eigenvalue weighted by Crippen LogP contribution is -1.91. The number of nitrogens with one attached hydrogen (secondary N) is 1. The van der Waals surface area contributed by atoms with Crippen LogP contribution in [0.5, 0.6) is 5.75 Å². The molecule has 17 heavy (non-hydrogen) atoms. The Morgan fingerprint density at radius 1 is 1.18 bits per heavy atom. The summed E-state index contributed by atoms with van der Waals surface area (Å²) in [5, 5.41) is 17.0. The lowest BCUT2D eigenvalue weighted by Gasteiger charge is -2.04. The van der Waals surface area contributed by atoms with Gasteiger partial charge in [0.1, 0.15) is 11.4 Å². The average Bonchev–Trinajstić information content (AvgIpc) is 2.82. The van der Waals surface area contributed by atoms with Crippen molar-refractivity contribution >= 4 is 26.8 Å². The summed E-state index contributed by atoms with van der Waals surface area (Å²) in [4.78, 5) is 8.56. The largest absolute Gasteiger partial charge is 0.508 e. The molecular weight excluding hydrogens is 284 g/mol. The van der Waals surface area contributed by atoms with Gasteiger partial charge in [-0.2, -0.15) is 5.10 Å². The van der Waals surface area contributed by atoms with Crippen LogP contribution in [0.15, 0.2) is 35.2 Å². The number of fused-ring (bicyclic) bond motifs is 1. The van der Waals surface area contributed by atoms with Gasteiger partial charge in [-0.25, -0.2) is 9.97 Å². The maximum Gasteiger partial charge on any atom is 0.197 e. The number of hydrogen-bond acceptors (Lipinski definition) is 4. The molecule has 84 valence electrons. The zero-order chi connectivity index (χ0) is 11.8. The molecule has 0 spiro atoms. The van der Waals surface area contributed by atoms with Crippen LogP contribution in [0, 0.1) is 0 Å². The SMILES string of the molecule is Oc1ccc2nc(Br)nc(-c3ccn[nH]3)c2c1. The summed E-state index contributed by atoms with van der Waals surface area (Å²) >= 11 is 3.27. The molecule has 0 fully saturated rings. The summed E-state index contributed by atoms with van der Waals surface area (Å²) in [5.41, 5.74) is 2.24. The van der Waals surface area contributed by atoms with Crippen LogP contribution in [0.3, 0.4) is 0 Å². The van der Waals surface area contributed by atoms with Gasteiger partial charge in [-0.05, 0) is 40.2 Å². The van der Waals surface area contributed by atoms with Crippen molar-refractivity contribution in [3.63, 3.8) is 0 Å². The number of rotatable bonds is 1. The van der Waals surface area contributed by atoms with E-state index in [1.54, 1.807) is 24.4 Å². The molecule has 0 amide bonds. The van der Waals surface area contributed by atoms with E-state index in [1.165, 1.54) is 0 Å². The lowest BCUT2D eigenvalue weighted by atomic mass is 10.1. The predicted molar refractivity (Wildman–Crippen MR) is 66.5 cm³/mol. The molecule has 5 nitrogen and oxygen atoms in total. The normalized spacial score (nSPS) is 10.9. The van der Waals surface area contributed by atoms with Gasteiger partial charge in [0.05, 0.1) is 11.2 Å². The van der Waals surface area contributed by atoms with Crippen LogP contribution in [0.2, 0.25) is 0 Å². The second-order valence-electron chi connectivity index (χ2n) is 3.51. The molecule has 0 unspecified atom stereocenters. The van der Waals surface area contributed by atoms with Crippen LogP contribution >= 0.6 is 15.9 Å². The first-order valence-corrected chi connectivity index (χ1v) is 5.69. The highest BCUT2D eigenvalue weighted by molar-refractivity contribution is 9.10. The van der Waals surface area contributed by atoms with E-state index in [-0.39, 0.29) is 5.75 Å². The molecule has 3 aromatic rings. The smallest absolute Gasteiger partial charge is 0.197 e. The van der Waals surface area contributed by atoms with E-state index in [0.29, 0.717) is 10.4 Å². The zero-order valence-corrected chi connectivity index (χ0v) is 10.1. The Hall–Kier alpha value is -1.95. The van der Waals surface area contributed by atoms with E-state index >= 15 is 0 Å². The third-order valence-corrected chi connectivity index (χ3v) is 2.76. The van der Waals surface area contributed by atoms with E-state index < -0.39 is 0 Å². The molecule has 0 radical (unpaired) electrons. The van der Waals surface area contributed by atoms with Crippen LogP contribution in [0.4, 0.5) is 0 Å². The van der Waals surface area contributed by atoms with Gasteiger partial charge < -0.3 is 5.11 Å². The monoisotopic (exact) mass is 290 g/mol. The molecule has 0 aliphatic heterocycles. The van der Waals surface area contributed by atoms with Gasteiger partial charge in [-0.1, -0.05) is 0 Å². The number of halogens is 1. The Bertz CT molecular complexity index is 681. The summed E-state index contributed by atoms with van der Waals surface area (Å²) in [6.07, 6.45) is 1.65. The molecule has 2 heterocycles. The van der Waals surface area contributed by atoms with Crippen molar-refractivity contribution in [2.45, 2.75) is 0 Å².